The molecule has 1 unspecified atom stereocenters. The third-order valence-corrected chi connectivity index (χ3v) is 2.81. The molecule has 56 valence electrons. The van der Waals surface area contributed by atoms with Crippen LogP contribution >= 0.6 is 11.3 Å². The third-order valence-electron chi connectivity index (χ3n) is 1.95. The minimum atomic E-state index is 0.0787. The SMILES string of the molecule is N#CC(c1nccs1)C1CC1. The van der Waals surface area contributed by atoms with Crippen molar-refractivity contribution >= 4 is 11.3 Å². The summed E-state index contributed by atoms with van der Waals surface area (Å²) in [4.78, 5) is 4.14. The van der Waals surface area contributed by atoms with E-state index < -0.39 is 0 Å². The van der Waals surface area contributed by atoms with Gasteiger partial charge in [-0.3, -0.25) is 0 Å². The fraction of sp³-hybridized carbons (Fsp3) is 0.500. The van der Waals surface area contributed by atoms with Crippen molar-refractivity contribution in [2.24, 2.45) is 5.92 Å². The highest BCUT2D eigenvalue weighted by molar-refractivity contribution is 7.09. The summed E-state index contributed by atoms with van der Waals surface area (Å²) in [5.41, 5.74) is 0. The molecule has 0 aromatic carbocycles. The lowest BCUT2D eigenvalue weighted by molar-refractivity contribution is 0.734. The maximum Gasteiger partial charge on any atom is 0.110 e. The average Bonchev–Trinajstić information content (AvgIpc) is 2.68. The Kier molecular flexibility index (Phi) is 1.63. The van der Waals surface area contributed by atoms with Crippen molar-refractivity contribution in [2.75, 3.05) is 0 Å². The number of hydrogen-bond acceptors (Lipinski definition) is 3. The highest BCUT2D eigenvalue weighted by Gasteiger charge is 2.33. The molecule has 1 atom stereocenters. The monoisotopic (exact) mass is 164 g/mol. The van der Waals surface area contributed by atoms with E-state index in [1.54, 1.807) is 17.5 Å². The van der Waals surface area contributed by atoms with Crippen molar-refractivity contribution in [1.82, 2.24) is 4.98 Å². The fourth-order valence-corrected chi connectivity index (χ4v) is 1.95. The van der Waals surface area contributed by atoms with Crippen molar-refractivity contribution in [3.63, 3.8) is 0 Å². The summed E-state index contributed by atoms with van der Waals surface area (Å²) in [6, 6.07) is 2.31. The molecule has 1 aromatic rings. The van der Waals surface area contributed by atoms with Gasteiger partial charge in [-0.1, -0.05) is 0 Å². The number of aromatic nitrogens is 1. The van der Waals surface area contributed by atoms with Gasteiger partial charge >= 0.3 is 0 Å². The molecule has 3 heteroatoms. The summed E-state index contributed by atoms with van der Waals surface area (Å²) < 4.78 is 0. The Morgan fingerprint density at radius 3 is 3.00 bits per heavy atom. The van der Waals surface area contributed by atoms with E-state index in [1.165, 1.54) is 12.8 Å². The van der Waals surface area contributed by atoms with Gasteiger partial charge in [0.1, 0.15) is 10.9 Å². The Balaban J connectivity index is 2.19. The van der Waals surface area contributed by atoms with Gasteiger partial charge in [0.2, 0.25) is 0 Å². The maximum atomic E-state index is 8.82. The largest absolute Gasteiger partial charge is 0.248 e. The van der Waals surface area contributed by atoms with E-state index in [4.69, 9.17) is 5.26 Å². The van der Waals surface area contributed by atoms with Crippen LogP contribution in [-0.2, 0) is 0 Å². The van der Waals surface area contributed by atoms with Crippen LogP contribution in [0.5, 0.6) is 0 Å². The Morgan fingerprint density at radius 1 is 1.73 bits per heavy atom. The second kappa shape index (κ2) is 2.63. The normalized spacial score (nSPS) is 19.2. The van der Waals surface area contributed by atoms with Gasteiger partial charge in [-0.05, 0) is 18.8 Å². The molecule has 2 nitrogen and oxygen atoms in total. The van der Waals surface area contributed by atoms with Gasteiger partial charge in [-0.2, -0.15) is 5.26 Å². The summed E-state index contributed by atoms with van der Waals surface area (Å²) in [5, 5.41) is 11.8. The van der Waals surface area contributed by atoms with E-state index >= 15 is 0 Å². The smallest absolute Gasteiger partial charge is 0.110 e. The van der Waals surface area contributed by atoms with E-state index in [0.29, 0.717) is 5.92 Å². The predicted molar refractivity (Wildman–Crippen MR) is 43.2 cm³/mol. The lowest BCUT2D eigenvalue weighted by Crippen LogP contribution is -1.96. The first-order valence-corrected chi connectivity index (χ1v) is 4.59. The van der Waals surface area contributed by atoms with E-state index in [-0.39, 0.29) is 5.92 Å². The molecular formula is C8H8N2S. The molecule has 0 spiro atoms. The molecule has 1 fully saturated rings. The van der Waals surface area contributed by atoms with Crippen LogP contribution < -0.4 is 0 Å². The minimum Gasteiger partial charge on any atom is -0.248 e. The highest BCUT2D eigenvalue weighted by Crippen LogP contribution is 2.42. The van der Waals surface area contributed by atoms with Gasteiger partial charge in [0.15, 0.2) is 0 Å². The number of nitrogens with zero attached hydrogens (tertiary/aromatic N) is 2. The highest BCUT2D eigenvalue weighted by atomic mass is 32.1. The average molecular weight is 164 g/mol. The number of rotatable bonds is 2. The van der Waals surface area contributed by atoms with Crippen molar-refractivity contribution < 1.29 is 0 Å². The Labute approximate surface area is 69.5 Å². The summed E-state index contributed by atoms with van der Waals surface area (Å²) in [6.45, 7) is 0. The third kappa shape index (κ3) is 1.26. The van der Waals surface area contributed by atoms with Gasteiger partial charge in [-0.15, -0.1) is 11.3 Å². The first-order chi connectivity index (χ1) is 5.42. The van der Waals surface area contributed by atoms with Crippen LogP contribution in [0.25, 0.3) is 0 Å². The van der Waals surface area contributed by atoms with Crippen molar-refractivity contribution in [3.05, 3.63) is 16.6 Å². The van der Waals surface area contributed by atoms with Crippen molar-refractivity contribution in [3.8, 4) is 6.07 Å². The quantitative estimate of drug-likeness (QED) is 0.671. The van der Waals surface area contributed by atoms with E-state index in [2.05, 4.69) is 11.1 Å². The Hall–Kier alpha value is -0.880. The molecular weight excluding hydrogens is 156 g/mol. The summed E-state index contributed by atoms with van der Waals surface area (Å²) in [5.74, 6) is 0.682. The zero-order chi connectivity index (χ0) is 7.68. The molecule has 0 saturated heterocycles. The standard InChI is InChI=1S/C8H8N2S/c9-5-7(6-1-2-6)8-10-3-4-11-8/h3-4,6-7H,1-2H2. The fourth-order valence-electron chi connectivity index (χ4n) is 1.18. The molecule has 1 aliphatic rings. The van der Waals surface area contributed by atoms with Crippen LogP contribution in [0.3, 0.4) is 0 Å². The predicted octanol–water partition coefficient (Wildman–Crippen LogP) is 2.16. The summed E-state index contributed by atoms with van der Waals surface area (Å²) in [7, 11) is 0. The Morgan fingerprint density at radius 2 is 2.55 bits per heavy atom. The van der Waals surface area contributed by atoms with Crippen LogP contribution in [0, 0.1) is 17.2 Å². The van der Waals surface area contributed by atoms with Crippen LogP contribution in [0.1, 0.15) is 23.8 Å². The second-order valence-electron chi connectivity index (χ2n) is 2.81. The Bertz CT molecular complexity index is 269. The van der Waals surface area contributed by atoms with Crippen molar-refractivity contribution in [2.45, 2.75) is 18.8 Å². The lowest BCUT2D eigenvalue weighted by atomic mass is 10.1. The molecule has 0 radical (unpaired) electrons. The minimum absolute atomic E-state index is 0.0787. The molecule has 1 saturated carbocycles. The van der Waals surface area contributed by atoms with E-state index in [1.807, 2.05) is 5.38 Å². The number of hydrogen-bond donors (Lipinski definition) is 0. The molecule has 0 amide bonds. The van der Waals surface area contributed by atoms with E-state index in [9.17, 15) is 0 Å². The molecule has 0 aliphatic heterocycles. The van der Waals surface area contributed by atoms with Gasteiger partial charge in [-0.25, -0.2) is 4.98 Å². The maximum absolute atomic E-state index is 8.82. The molecule has 1 heterocycles. The molecule has 2 rings (SSSR count). The first kappa shape index (κ1) is 6.81. The van der Waals surface area contributed by atoms with Crippen molar-refractivity contribution in [1.29, 1.82) is 5.26 Å². The van der Waals surface area contributed by atoms with Crippen LogP contribution in [0.4, 0.5) is 0 Å². The van der Waals surface area contributed by atoms with Gasteiger partial charge in [0, 0.05) is 11.6 Å². The van der Waals surface area contributed by atoms with Gasteiger partial charge in [0.25, 0.3) is 0 Å². The van der Waals surface area contributed by atoms with Gasteiger partial charge < -0.3 is 0 Å². The number of nitriles is 1. The first-order valence-electron chi connectivity index (χ1n) is 3.71. The second-order valence-corrected chi connectivity index (χ2v) is 3.74. The van der Waals surface area contributed by atoms with Crippen LogP contribution in [0.15, 0.2) is 11.6 Å². The molecule has 1 aliphatic carbocycles. The molecule has 1 aromatic heterocycles. The molecule has 0 bridgehead atoms. The lowest BCUT2D eigenvalue weighted by Gasteiger charge is -1.99. The number of thiazole rings is 1. The zero-order valence-corrected chi connectivity index (χ0v) is 6.84. The zero-order valence-electron chi connectivity index (χ0n) is 6.03. The topological polar surface area (TPSA) is 36.7 Å². The van der Waals surface area contributed by atoms with Crippen LogP contribution in [0.2, 0.25) is 0 Å². The molecule has 11 heavy (non-hydrogen) atoms. The summed E-state index contributed by atoms with van der Waals surface area (Å²) >= 11 is 1.59. The van der Waals surface area contributed by atoms with E-state index in [0.717, 1.165) is 5.01 Å². The van der Waals surface area contributed by atoms with Crippen LogP contribution in [-0.4, -0.2) is 4.98 Å². The van der Waals surface area contributed by atoms with Gasteiger partial charge in [0.05, 0.1) is 6.07 Å². The molecule has 0 N–H and O–H groups in total. The summed E-state index contributed by atoms with van der Waals surface area (Å²) in [6.07, 6.45) is 4.18.